The maximum atomic E-state index is 5.56. The normalized spacial score (nSPS) is 9.80. The van der Waals surface area contributed by atoms with E-state index < -0.39 is 0 Å². The van der Waals surface area contributed by atoms with E-state index in [0.717, 1.165) is 11.4 Å². The van der Waals surface area contributed by atoms with Gasteiger partial charge in [0.1, 0.15) is 0 Å². The summed E-state index contributed by atoms with van der Waals surface area (Å²) in [5.41, 5.74) is 7.93. The van der Waals surface area contributed by atoms with Crippen LogP contribution in [0.4, 0.5) is 5.69 Å². The second-order valence-corrected chi connectivity index (χ2v) is 2.39. The van der Waals surface area contributed by atoms with Gasteiger partial charge in [-0.25, -0.2) is 0 Å². The predicted molar refractivity (Wildman–Crippen MR) is 42.9 cm³/mol. The highest BCUT2D eigenvalue weighted by Crippen LogP contribution is 2.11. The first-order valence-electron chi connectivity index (χ1n) is 3.02. The number of pyridine rings is 1. The minimum Gasteiger partial charge on any atom is -0.397 e. The van der Waals surface area contributed by atoms with Crippen molar-refractivity contribution in [2.45, 2.75) is 12.8 Å². The molecule has 0 radical (unpaired) electrons. The highest BCUT2D eigenvalue weighted by molar-refractivity contribution is 6.17. The number of rotatable bonds is 1. The molecule has 1 aromatic heterocycles. The van der Waals surface area contributed by atoms with Gasteiger partial charge in [0, 0.05) is 5.69 Å². The molecule has 10 heavy (non-hydrogen) atoms. The van der Waals surface area contributed by atoms with Gasteiger partial charge in [-0.2, -0.15) is 0 Å². The van der Waals surface area contributed by atoms with Gasteiger partial charge in [-0.05, 0) is 19.1 Å². The molecule has 0 aliphatic heterocycles. The van der Waals surface area contributed by atoms with Gasteiger partial charge in [-0.3, -0.25) is 4.98 Å². The number of nitrogens with two attached hydrogens (primary N) is 1. The zero-order chi connectivity index (χ0) is 7.56. The predicted octanol–water partition coefficient (Wildman–Crippen LogP) is 1.71. The summed E-state index contributed by atoms with van der Waals surface area (Å²) in [5.74, 6) is 0.382. The lowest BCUT2D eigenvalue weighted by molar-refractivity contribution is 1.11. The molecule has 1 rings (SSSR count). The highest BCUT2D eigenvalue weighted by atomic mass is 35.5. The number of alkyl halides is 1. The van der Waals surface area contributed by atoms with Crippen LogP contribution in [0.1, 0.15) is 11.4 Å². The number of nitrogen functional groups attached to an aromatic ring is 1. The Labute approximate surface area is 65.0 Å². The van der Waals surface area contributed by atoms with Crippen molar-refractivity contribution in [2.24, 2.45) is 0 Å². The molecule has 0 aliphatic carbocycles. The number of aromatic nitrogens is 1. The summed E-state index contributed by atoms with van der Waals surface area (Å²) in [7, 11) is 0. The fraction of sp³-hybridized carbons (Fsp3) is 0.286. The van der Waals surface area contributed by atoms with Crippen LogP contribution in [0.15, 0.2) is 12.1 Å². The fourth-order valence-corrected chi connectivity index (χ4v) is 0.942. The van der Waals surface area contributed by atoms with Gasteiger partial charge in [0.15, 0.2) is 0 Å². The summed E-state index contributed by atoms with van der Waals surface area (Å²) in [6.07, 6.45) is 0. The first-order valence-corrected chi connectivity index (χ1v) is 3.55. The Morgan fingerprint density at radius 1 is 1.60 bits per heavy atom. The number of anilines is 1. The maximum Gasteiger partial charge on any atom is 0.0783 e. The topological polar surface area (TPSA) is 38.9 Å². The van der Waals surface area contributed by atoms with Crippen LogP contribution in [0.2, 0.25) is 0 Å². The highest BCUT2D eigenvalue weighted by Gasteiger charge is 1.97. The first-order chi connectivity index (χ1) is 4.74. The van der Waals surface area contributed by atoms with Crippen molar-refractivity contribution < 1.29 is 0 Å². The van der Waals surface area contributed by atoms with Crippen molar-refractivity contribution in [2.75, 3.05) is 5.73 Å². The van der Waals surface area contributed by atoms with Crippen molar-refractivity contribution in [1.82, 2.24) is 4.98 Å². The van der Waals surface area contributed by atoms with Gasteiger partial charge in [-0.15, -0.1) is 11.6 Å². The second-order valence-electron chi connectivity index (χ2n) is 2.12. The number of halogens is 1. The van der Waals surface area contributed by atoms with E-state index in [-0.39, 0.29) is 0 Å². The number of hydrogen-bond donors (Lipinski definition) is 1. The van der Waals surface area contributed by atoms with Gasteiger partial charge in [-0.1, -0.05) is 0 Å². The molecule has 3 heteroatoms. The van der Waals surface area contributed by atoms with Crippen LogP contribution >= 0.6 is 11.6 Å². The molecule has 1 heterocycles. The Kier molecular flexibility index (Phi) is 2.12. The Morgan fingerprint density at radius 3 is 2.80 bits per heavy atom. The third kappa shape index (κ3) is 1.39. The molecule has 0 atom stereocenters. The van der Waals surface area contributed by atoms with E-state index in [1.165, 1.54) is 0 Å². The Morgan fingerprint density at radius 2 is 2.30 bits per heavy atom. The molecule has 0 unspecified atom stereocenters. The van der Waals surface area contributed by atoms with Gasteiger partial charge < -0.3 is 5.73 Å². The van der Waals surface area contributed by atoms with Crippen LogP contribution in [0, 0.1) is 6.92 Å². The summed E-state index contributed by atoms with van der Waals surface area (Å²) in [5, 5.41) is 0. The maximum absolute atomic E-state index is 5.56. The summed E-state index contributed by atoms with van der Waals surface area (Å²) in [6, 6.07) is 3.69. The molecule has 0 aliphatic rings. The first kappa shape index (κ1) is 7.35. The van der Waals surface area contributed by atoms with E-state index in [4.69, 9.17) is 17.3 Å². The molecular weight excluding hydrogens is 148 g/mol. The molecule has 2 nitrogen and oxygen atoms in total. The summed E-state index contributed by atoms with van der Waals surface area (Å²) < 4.78 is 0. The van der Waals surface area contributed by atoms with E-state index in [2.05, 4.69) is 4.98 Å². The van der Waals surface area contributed by atoms with Crippen LogP contribution in [0.3, 0.4) is 0 Å². The standard InChI is InChI=1S/C7H9ClN2/c1-5-2-3-6(9)7(4-8)10-5/h2-3H,4,9H2,1H3. The summed E-state index contributed by atoms with van der Waals surface area (Å²) >= 11 is 5.56. The average Bonchev–Trinajstić information content (AvgIpc) is 1.94. The number of aryl methyl sites for hydroxylation is 1. The monoisotopic (exact) mass is 156 g/mol. The lowest BCUT2D eigenvalue weighted by Crippen LogP contribution is -1.96. The molecule has 54 valence electrons. The third-order valence-electron chi connectivity index (χ3n) is 1.28. The van der Waals surface area contributed by atoms with Crippen molar-refractivity contribution >= 4 is 17.3 Å². The Hall–Kier alpha value is -0.760. The van der Waals surface area contributed by atoms with Crippen LogP contribution in [0.25, 0.3) is 0 Å². The van der Waals surface area contributed by atoms with E-state index >= 15 is 0 Å². The lowest BCUT2D eigenvalue weighted by Gasteiger charge is -2.00. The smallest absolute Gasteiger partial charge is 0.0783 e. The largest absolute Gasteiger partial charge is 0.397 e. The molecule has 0 amide bonds. The SMILES string of the molecule is Cc1ccc(N)c(CCl)n1. The molecule has 0 spiro atoms. The Bertz CT molecular complexity index is 235. The lowest BCUT2D eigenvalue weighted by atomic mass is 10.3. The van der Waals surface area contributed by atoms with Gasteiger partial charge >= 0.3 is 0 Å². The molecule has 0 saturated heterocycles. The molecular formula is C7H9ClN2. The molecule has 0 aromatic carbocycles. The van der Waals surface area contributed by atoms with Crippen LogP contribution < -0.4 is 5.73 Å². The molecule has 1 aromatic rings. The zero-order valence-electron chi connectivity index (χ0n) is 5.76. The van der Waals surface area contributed by atoms with Crippen LogP contribution in [-0.4, -0.2) is 4.98 Å². The van der Waals surface area contributed by atoms with Gasteiger partial charge in [0.05, 0.1) is 17.3 Å². The zero-order valence-corrected chi connectivity index (χ0v) is 6.52. The van der Waals surface area contributed by atoms with Gasteiger partial charge in [0.25, 0.3) is 0 Å². The summed E-state index contributed by atoms with van der Waals surface area (Å²) in [6.45, 7) is 1.91. The van der Waals surface area contributed by atoms with E-state index in [1.54, 1.807) is 0 Å². The van der Waals surface area contributed by atoms with E-state index in [1.807, 2.05) is 19.1 Å². The molecule has 0 bridgehead atoms. The summed E-state index contributed by atoms with van der Waals surface area (Å²) in [4.78, 5) is 4.13. The quantitative estimate of drug-likeness (QED) is 0.629. The van der Waals surface area contributed by atoms with Crippen molar-refractivity contribution in [3.8, 4) is 0 Å². The van der Waals surface area contributed by atoms with Crippen molar-refractivity contribution in [3.63, 3.8) is 0 Å². The minimum atomic E-state index is 0.382. The van der Waals surface area contributed by atoms with Crippen molar-refractivity contribution in [3.05, 3.63) is 23.5 Å². The molecule has 0 fully saturated rings. The van der Waals surface area contributed by atoms with E-state index in [0.29, 0.717) is 11.6 Å². The van der Waals surface area contributed by atoms with E-state index in [9.17, 15) is 0 Å². The third-order valence-corrected chi connectivity index (χ3v) is 1.53. The molecule has 0 saturated carbocycles. The average molecular weight is 157 g/mol. The Balaban J connectivity index is 3.09. The van der Waals surface area contributed by atoms with Gasteiger partial charge in [0.2, 0.25) is 0 Å². The number of hydrogen-bond acceptors (Lipinski definition) is 2. The van der Waals surface area contributed by atoms with Crippen LogP contribution in [-0.2, 0) is 5.88 Å². The minimum absolute atomic E-state index is 0.382. The van der Waals surface area contributed by atoms with Crippen molar-refractivity contribution in [1.29, 1.82) is 0 Å². The fourth-order valence-electron chi connectivity index (χ4n) is 0.728. The number of nitrogens with zero attached hydrogens (tertiary/aromatic N) is 1. The second kappa shape index (κ2) is 2.88. The van der Waals surface area contributed by atoms with Crippen LogP contribution in [0.5, 0.6) is 0 Å². The molecule has 2 N–H and O–H groups in total.